The molecule has 1 aromatic carbocycles. The van der Waals surface area contributed by atoms with Crippen molar-refractivity contribution in [1.82, 2.24) is 15.1 Å². The van der Waals surface area contributed by atoms with Gasteiger partial charge in [0.15, 0.2) is 0 Å². The van der Waals surface area contributed by atoms with Crippen molar-refractivity contribution in [2.45, 2.75) is 64.5 Å². The van der Waals surface area contributed by atoms with Crippen LogP contribution in [0.15, 0.2) is 30.3 Å². The number of cyclic esters (lactones) is 1. The number of hydrogen-bond acceptors (Lipinski definition) is 8. The number of methoxy groups -OCH3 is 1. The van der Waals surface area contributed by atoms with E-state index >= 15 is 0 Å². The molecule has 4 heterocycles. The predicted molar refractivity (Wildman–Crippen MR) is 161 cm³/mol. The Labute approximate surface area is 250 Å². The second-order valence-electron chi connectivity index (χ2n) is 12.1. The first-order valence-electron chi connectivity index (χ1n) is 14.7. The lowest BCUT2D eigenvalue weighted by molar-refractivity contribution is -0.154. The first-order chi connectivity index (χ1) is 20.0. The monoisotopic (exact) mass is 596 g/mol. The lowest BCUT2D eigenvalue weighted by Gasteiger charge is -2.44. The van der Waals surface area contributed by atoms with E-state index in [4.69, 9.17) is 9.47 Å². The van der Waals surface area contributed by atoms with Crippen molar-refractivity contribution >= 4 is 40.2 Å². The number of carbonyl (C=O) groups is 4. The average Bonchev–Trinajstić information content (AvgIpc) is 3.48. The minimum atomic E-state index is -0.420. The van der Waals surface area contributed by atoms with Crippen LogP contribution in [0, 0.1) is 5.41 Å². The molecule has 0 bridgehead atoms. The van der Waals surface area contributed by atoms with Gasteiger partial charge in [0, 0.05) is 43.5 Å². The summed E-state index contributed by atoms with van der Waals surface area (Å²) in [6.45, 7) is 9.15. The Balaban J connectivity index is 1.29. The summed E-state index contributed by atoms with van der Waals surface area (Å²) in [6, 6.07) is 8.73. The van der Waals surface area contributed by atoms with Gasteiger partial charge in [-0.2, -0.15) is 0 Å². The number of hydrogen-bond donors (Lipinski definition) is 2. The molecule has 2 aromatic rings. The molecule has 1 atom stereocenters. The van der Waals surface area contributed by atoms with Gasteiger partial charge < -0.3 is 19.7 Å². The molecule has 5 rings (SSSR count). The second kappa shape index (κ2) is 12.0. The molecular weight excluding hydrogens is 556 g/mol. The summed E-state index contributed by atoms with van der Waals surface area (Å²) in [5.41, 5.74) is 0.877. The van der Waals surface area contributed by atoms with Crippen molar-refractivity contribution in [2.75, 3.05) is 45.2 Å². The van der Waals surface area contributed by atoms with Crippen LogP contribution in [-0.2, 0) is 14.3 Å². The normalized spacial score (nSPS) is 22.6. The maximum atomic E-state index is 13.8. The van der Waals surface area contributed by atoms with Crippen molar-refractivity contribution in [3.05, 3.63) is 41.5 Å². The SMILES string of the molecule is CCNC(=O)Nc1sc(-c2ccc(C(=O)OC)cc2)cc1C(=O)N1CCC(N2CCCC3(C2)CC(C)(C)OC3=O)CC1. The topological polar surface area (TPSA) is 117 Å². The molecule has 3 aliphatic rings. The Hall–Kier alpha value is -3.44. The Bertz CT molecular complexity index is 1350. The lowest BCUT2D eigenvalue weighted by atomic mass is 9.74. The van der Waals surface area contributed by atoms with Gasteiger partial charge in [0.25, 0.3) is 5.91 Å². The zero-order valence-corrected chi connectivity index (χ0v) is 25.6. The van der Waals surface area contributed by atoms with Gasteiger partial charge in [-0.1, -0.05) is 12.1 Å². The van der Waals surface area contributed by atoms with Crippen LogP contribution in [0.5, 0.6) is 0 Å². The van der Waals surface area contributed by atoms with Gasteiger partial charge in [0.2, 0.25) is 0 Å². The van der Waals surface area contributed by atoms with Gasteiger partial charge in [-0.05, 0) is 76.8 Å². The van der Waals surface area contributed by atoms with Crippen LogP contribution < -0.4 is 10.6 Å². The molecular formula is C31H40N4O6S. The summed E-state index contributed by atoms with van der Waals surface area (Å²) in [7, 11) is 1.34. The fourth-order valence-electron chi connectivity index (χ4n) is 6.66. The Morgan fingerprint density at radius 3 is 2.45 bits per heavy atom. The van der Waals surface area contributed by atoms with Crippen LogP contribution in [-0.4, -0.2) is 85.2 Å². The number of esters is 2. The van der Waals surface area contributed by atoms with E-state index in [1.807, 2.05) is 31.7 Å². The molecule has 1 spiro atoms. The molecule has 3 fully saturated rings. The highest BCUT2D eigenvalue weighted by Gasteiger charge is 2.54. The summed E-state index contributed by atoms with van der Waals surface area (Å²) in [4.78, 5) is 56.0. The molecule has 1 aromatic heterocycles. The fourth-order valence-corrected chi connectivity index (χ4v) is 7.71. The van der Waals surface area contributed by atoms with Gasteiger partial charge in [-0.15, -0.1) is 11.3 Å². The molecule has 42 heavy (non-hydrogen) atoms. The van der Waals surface area contributed by atoms with E-state index in [-0.39, 0.29) is 17.9 Å². The Kier molecular flexibility index (Phi) is 8.61. The smallest absolute Gasteiger partial charge is 0.337 e. The van der Waals surface area contributed by atoms with Crippen LogP contribution in [0.3, 0.4) is 0 Å². The molecule has 226 valence electrons. The highest BCUT2D eigenvalue weighted by molar-refractivity contribution is 7.20. The number of rotatable bonds is 6. The Morgan fingerprint density at radius 1 is 1.12 bits per heavy atom. The molecule has 0 aliphatic carbocycles. The van der Waals surface area contributed by atoms with E-state index in [0.29, 0.717) is 41.8 Å². The molecule has 0 radical (unpaired) electrons. The third kappa shape index (κ3) is 6.17. The molecule has 3 aliphatic heterocycles. The average molecular weight is 597 g/mol. The number of piperidine rings is 2. The number of nitrogens with one attached hydrogen (secondary N) is 2. The quantitative estimate of drug-likeness (QED) is 0.462. The van der Waals surface area contributed by atoms with E-state index in [9.17, 15) is 19.2 Å². The van der Waals surface area contributed by atoms with Gasteiger partial charge in [0.1, 0.15) is 10.6 Å². The van der Waals surface area contributed by atoms with Crippen LogP contribution in [0.1, 0.15) is 73.6 Å². The van der Waals surface area contributed by atoms with Crippen LogP contribution in [0.4, 0.5) is 9.80 Å². The zero-order valence-electron chi connectivity index (χ0n) is 24.8. The van der Waals surface area contributed by atoms with Crippen LogP contribution in [0.25, 0.3) is 10.4 Å². The first-order valence-corrected chi connectivity index (χ1v) is 15.5. The summed E-state index contributed by atoms with van der Waals surface area (Å²) in [5, 5.41) is 6.07. The van der Waals surface area contributed by atoms with E-state index in [1.165, 1.54) is 18.4 Å². The van der Waals surface area contributed by atoms with Gasteiger partial charge in [-0.25, -0.2) is 9.59 Å². The summed E-state index contributed by atoms with van der Waals surface area (Å²) >= 11 is 1.33. The third-order valence-corrected chi connectivity index (χ3v) is 9.66. The fraction of sp³-hybridized carbons (Fsp3) is 0.548. The number of anilines is 1. The number of ether oxygens (including phenoxy) is 2. The number of amides is 3. The van der Waals surface area contributed by atoms with Gasteiger partial charge in [-0.3, -0.25) is 19.8 Å². The Morgan fingerprint density at radius 2 is 1.83 bits per heavy atom. The van der Waals surface area contributed by atoms with Crippen LogP contribution in [0.2, 0.25) is 0 Å². The standard InChI is InChI=1S/C31H40N4O6S/c1-5-32-29(39)33-25-23(17-24(42-25)20-7-9-21(10-8-20)27(37)40-4)26(36)34-15-11-22(12-16-34)35-14-6-13-31(19-35)18-30(2,3)41-28(31)38/h7-10,17,22H,5-6,11-16,18-19H2,1-4H3,(H2,32,33,39). The maximum Gasteiger partial charge on any atom is 0.337 e. The number of thiophene rings is 1. The van der Waals surface area contributed by atoms with E-state index in [0.717, 1.165) is 55.6 Å². The van der Waals surface area contributed by atoms with Gasteiger partial charge >= 0.3 is 18.0 Å². The van der Waals surface area contributed by atoms with Crippen molar-refractivity contribution in [2.24, 2.45) is 5.41 Å². The summed E-state index contributed by atoms with van der Waals surface area (Å²) in [6.07, 6.45) is 4.24. The molecule has 2 N–H and O–H groups in total. The third-order valence-electron chi connectivity index (χ3n) is 8.56. The molecule has 3 saturated heterocycles. The first kappa shape index (κ1) is 30.0. The van der Waals surface area contributed by atoms with Crippen molar-refractivity contribution in [3.8, 4) is 10.4 Å². The minimum Gasteiger partial charge on any atom is -0.465 e. The van der Waals surface area contributed by atoms with Gasteiger partial charge in [0.05, 0.1) is 23.7 Å². The molecule has 11 heteroatoms. The van der Waals surface area contributed by atoms with E-state index < -0.39 is 17.0 Å². The summed E-state index contributed by atoms with van der Waals surface area (Å²) < 4.78 is 10.5. The highest BCUT2D eigenvalue weighted by Crippen LogP contribution is 2.47. The highest BCUT2D eigenvalue weighted by atomic mass is 32.1. The molecule has 3 amide bonds. The number of nitrogens with zero attached hydrogens (tertiary/aromatic N) is 2. The molecule has 0 saturated carbocycles. The zero-order chi connectivity index (χ0) is 30.1. The van der Waals surface area contributed by atoms with Crippen molar-refractivity contribution in [3.63, 3.8) is 0 Å². The van der Waals surface area contributed by atoms with E-state index in [2.05, 4.69) is 15.5 Å². The number of benzene rings is 1. The number of likely N-dealkylation sites (tertiary alicyclic amines) is 2. The van der Waals surface area contributed by atoms with E-state index in [1.54, 1.807) is 24.3 Å². The minimum absolute atomic E-state index is 0.0647. The van der Waals surface area contributed by atoms with Crippen LogP contribution >= 0.6 is 11.3 Å². The number of urea groups is 1. The number of carbonyl (C=O) groups excluding carboxylic acids is 4. The maximum absolute atomic E-state index is 13.8. The molecule has 10 nitrogen and oxygen atoms in total. The largest absolute Gasteiger partial charge is 0.465 e. The predicted octanol–water partition coefficient (Wildman–Crippen LogP) is 4.76. The molecule has 1 unspecified atom stereocenters. The van der Waals surface area contributed by atoms with Crippen molar-refractivity contribution in [1.29, 1.82) is 0 Å². The summed E-state index contributed by atoms with van der Waals surface area (Å²) in [5.74, 6) is -0.604. The second-order valence-corrected chi connectivity index (χ2v) is 13.2. The van der Waals surface area contributed by atoms with Crippen molar-refractivity contribution < 1.29 is 28.7 Å². The lowest BCUT2D eigenvalue weighted by Crippen LogP contribution is -2.53.